The summed E-state index contributed by atoms with van der Waals surface area (Å²) in [5.74, 6) is -0.719. The van der Waals surface area contributed by atoms with Gasteiger partial charge in [-0.05, 0) is 38.1 Å². The summed E-state index contributed by atoms with van der Waals surface area (Å²) < 4.78 is 40.2. The molecule has 2 rings (SSSR count). The van der Waals surface area contributed by atoms with Crippen LogP contribution in [0.1, 0.15) is 19.8 Å². The van der Waals surface area contributed by atoms with Crippen molar-refractivity contribution in [1.82, 2.24) is 9.62 Å². The minimum absolute atomic E-state index is 0.196. The number of para-hydroxylation sites is 1. The van der Waals surface area contributed by atoms with E-state index < -0.39 is 15.8 Å². The van der Waals surface area contributed by atoms with E-state index in [0.29, 0.717) is 6.54 Å². The second kappa shape index (κ2) is 6.07. The molecule has 112 valence electrons. The molecule has 3 N–H and O–H groups in total. The molecule has 0 aromatic heterocycles. The smallest absolute Gasteiger partial charge is 0.242 e. The number of likely N-dealkylation sites (N-methyl/N-ethyl adjacent to an activating group) is 1. The van der Waals surface area contributed by atoms with E-state index in [-0.39, 0.29) is 16.6 Å². The maximum Gasteiger partial charge on any atom is 0.242 e. The van der Waals surface area contributed by atoms with Gasteiger partial charge in [0, 0.05) is 12.6 Å². The van der Waals surface area contributed by atoms with Gasteiger partial charge >= 0.3 is 0 Å². The van der Waals surface area contributed by atoms with E-state index in [1.54, 1.807) is 0 Å². The number of nitrogens with zero attached hydrogens (tertiary/aromatic N) is 1. The van der Waals surface area contributed by atoms with Crippen LogP contribution in [0.5, 0.6) is 0 Å². The predicted octanol–water partition coefficient (Wildman–Crippen LogP) is 1.17. The van der Waals surface area contributed by atoms with E-state index in [1.165, 1.54) is 12.1 Å². The largest absolute Gasteiger partial charge is 0.395 e. The summed E-state index contributed by atoms with van der Waals surface area (Å²) in [7, 11) is -3.77. The lowest BCUT2D eigenvalue weighted by Gasteiger charge is -2.23. The lowest BCUT2D eigenvalue weighted by molar-refractivity contribution is 0.268. The number of nitrogens with two attached hydrogens (primary N) is 1. The molecule has 1 saturated heterocycles. The number of sulfonamides is 1. The minimum atomic E-state index is -3.77. The van der Waals surface area contributed by atoms with Gasteiger partial charge in [0.1, 0.15) is 10.7 Å². The van der Waals surface area contributed by atoms with Crippen molar-refractivity contribution in [1.29, 1.82) is 0 Å². The van der Waals surface area contributed by atoms with E-state index in [0.717, 1.165) is 32.0 Å². The number of nitrogen functional groups attached to an aromatic ring is 1. The van der Waals surface area contributed by atoms with Crippen LogP contribution in [0.2, 0.25) is 0 Å². The highest BCUT2D eigenvalue weighted by Gasteiger charge is 2.26. The van der Waals surface area contributed by atoms with Crippen molar-refractivity contribution in [3.63, 3.8) is 0 Å². The molecule has 0 bridgehead atoms. The van der Waals surface area contributed by atoms with Gasteiger partial charge in [0.25, 0.3) is 0 Å². The summed E-state index contributed by atoms with van der Waals surface area (Å²) in [5.41, 5.74) is 5.17. The predicted molar refractivity (Wildman–Crippen MR) is 76.3 cm³/mol. The Bertz CT molecular complexity index is 577. The van der Waals surface area contributed by atoms with Crippen molar-refractivity contribution in [2.45, 2.75) is 30.7 Å². The first kappa shape index (κ1) is 15.2. The van der Waals surface area contributed by atoms with E-state index in [9.17, 15) is 12.8 Å². The van der Waals surface area contributed by atoms with Gasteiger partial charge in [0.15, 0.2) is 0 Å². The van der Waals surface area contributed by atoms with Gasteiger partial charge in [0.05, 0.1) is 5.69 Å². The van der Waals surface area contributed by atoms with Crippen molar-refractivity contribution in [3.05, 3.63) is 24.0 Å². The molecule has 5 nitrogen and oxygen atoms in total. The Morgan fingerprint density at radius 1 is 1.50 bits per heavy atom. The van der Waals surface area contributed by atoms with Crippen molar-refractivity contribution in [3.8, 4) is 0 Å². The molecule has 1 aromatic carbocycles. The van der Waals surface area contributed by atoms with Crippen molar-refractivity contribution >= 4 is 15.7 Å². The van der Waals surface area contributed by atoms with Gasteiger partial charge in [-0.1, -0.05) is 13.0 Å². The molecule has 0 saturated carbocycles. The van der Waals surface area contributed by atoms with E-state index in [1.807, 2.05) is 0 Å². The highest BCUT2D eigenvalue weighted by Crippen LogP contribution is 2.21. The zero-order valence-corrected chi connectivity index (χ0v) is 12.3. The lowest BCUT2D eigenvalue weighted by atomic mass is 10.2. The first-order valence-electron chi connectivity index (χ1n) is 6.73. The molecule has 1 aliphatic rings. The van der Waals surface area contributed by atoms with Crippen LogP contribution in [0.4, 0.5) is 10.1 Å². The minimum Gasteiger partial charge on any atom is -0.395 e. The fourth-order valence-electron chi connectivity index (χ4n) is 2.58. The molecule has 1 aromatic rings. The fourth-order valence-corrected chi connectivity index (χ4v) is 3.79. The van der Waals surface area contributed by atoms with Crippen LogP contribution in [0.25, 0.3) is 0 Å². The number of anilines is 1. The molecular weight excluding hydrogens is 281 g/mol. The Morgan fingerprint density at radius 2 is 2.25 bits per heavy atom. The maximum absolute atomic E-state index is 13.3. The monoisotopic (exact) mass is 301 g/mol. The number of benzene rings is 1. The summed E-state index contributed by atoms with van der Waals surface area (Å²) >= 11 is 0. The van der Waals surface area contributed by atoms with Crippen LogP contribution < -0.4 is 10.5 Å². The van der Waals surface area contributed by atoms with Gasteiger partial charge in [-0.2, -0.15) is 0 Å². The van der Waals surface area contributed by atoms with Gasteiger partial charge in [-0.3, -0.25) is 4.90 Å². The Labute approximate surface area is 119 Å². The Hall–Kier alpha value is -1.18. The molecule has 1 fully saturated rings. The average Bonchev–Trinajstić information content (AvgIpc) is 2.87. The Balaban J connectivity index is 2.10. The van der Waals surface area contributed by atoms with Gasteiger partial charge in [-0.15, -0.1) is 0 Å². The number of hydrogen-bond acceptors (Lipinski definition) is 4. The third-order valence-electron chi connectivity index (χ3n) is 3.72. The number of rotatable bonds is 5. The molecular formula is C13H20FN3O2S. The van der Waals surface area contributed by atoms with Crippen LogP contribution in [0.3, 0.4) is 0 Å². The molecule has 7 heteroatoms. The summed E-state index contributed by atoms with van der Waals surface area (Å²) in [6.07, 6.45) is 2.04. The van der Waals surface area contributed by atoms with Gasteiger partial charge < -0.3 is 5.73 Å². The van der Waals surface area contributed by atoms with Crippen LogP contribution in [0.15, 0.2) is 23.1 Å². The molecule has 1 unspecified atom stereocenters. The summed E-state index contributed by atoms with van der Waals surface area (Å²) in [6, 6.07) is 4.00. The zero-order valence-electron chi connectivity index (χ0n) is 11.5. The first-order chi connectivity index (χ1) is 9.45. The van der Waals surface area contributed by atoms with Crippen LogP contribution >= 0.6 is 0 Å². The zero-order chi connectivity index (χ0) is 14.8. The summed E-state index contributed by atoms with van der Waals surface area (Å²) in [5, 5.41) is 0. The number of halogens is 1. The quantitative estimate of drug-likeness (QED) is 0.801. The van der Waals surface area contributed by atoms with E-state index >= 15 is 0 Å². The SMILES string of the molecule is CCN1CCCC1CNS(=O)(=O)c1cccc(F)c1N. The molecule has 0 spiro atoms. The number of likely N-dealkylation sites (tertiary alicyclic amines) is 1. The maximum atomic E-state index is 13.3. The average molecular weight is 301 g/mol. The molecule has 0 amide bonds. The summed E-state index contributed by atoms with van der Waals surface area (Å²) in [4.78, 5) is 2.04. The Kier molecular flexibility index (Phi) is 4.62. The topological polar surface area (TPSA) is 75.4 Å². The second-order valence-corrected chi connectivity index (χ2v) is 6.66. The standard InChI is InChI=1S/C13H20FN3O2S/c1-2-17-8-4-5-10(17)9-16-20(18,19)12-7-3-6-11(14)13(12)15/h3,6-7,10,16H,2,4-5,8-9,15H2,1H3. The van der Waals surface area contributed by atoms with E-state index in [4.69, 9.17) is 5.73 Å². The van der Waals surface area contributed by atoms with Crippen LogP contribution in [0, 0.1) is 5.82 Å². The molecule has 0 radical (unpaired) electrons. The Morgan fingerprint density at radius 3 is 2.95 bits per heavy atom. The third-order valence-corrected chi connectivity index (χ3v) is 5.20. The second-order valence-electron chi connectivity index (χ2n) is 4.93. The van der Waals surface area contributed by atoms with Crippen LogP contribution in [-0.4, -0.2) is 39.0 Å². The van der Waals surface area contributed by atoms with Crippen molar-refractivity contribution < 1.29 is 12.8 Å². The number of nitrogens with one attached hydrogen (secondary N) is 1. The highest BCUT2D eigenvalue weighted by atomic mass is 32.2. The molecule has 20 heavy (non-hydrogen) atoms. The highest BCUT2D eigenvalue weighted by molar-refractivity contribution is 7.89. The molecule has 1 atom stereocenters. The van der Waals surface area contributed by atoms with Crippen LogP contribution in [-0.2, 0) is 10.0 Å². The van der Waals surface area contributed by atoms with Gasteiger partial charge in [-0.25, -0.2) is 17.5 Å². The molecule has 0 aliphatic carbocycles. The lowest BCUT2D eigenvalue weighted by Crippen LogP contribution is -2.40. The molecule has 1 heterocycles. The van der Waals surface area contributed by atoms with Crippen molar-refractivity contribution in [2.75, 3.05) is 25.4 Å². The van der Waals surface area contributed by atoms with Crippen molar-refractivity contribution in [2.24, 2.45) is 0 Å². The normalized spacial score (nSPS) is 20.4. The fraction of sp³-hybridized carbons (Fsp3) is 0.538. The molecule has 1 aliphatic heterocycles. The van der Waals surface area contributed by atoms with Gasteiger partial charge in [0.2, 0.25) is 10.0 Å². The summed E-state index contributed by atoms with van der Waals surface area (Å²) in [6.45, 7) is 4.27. The number of hydrogen-bond donors (Lipinski definition) is 2. The van der Waals surface area contributed by atoms with E-state index in [2.05, 4.69) is 16.5 Å². The third kappa shape index (κ3) is 3.11. The first-order valence-corrected chi connectivity index (χ1v) is 8.21.